The Labute approximate surface area is 124 Å². The number of hydrogen-bond donors (Lipinski definition) is 1. The van der Waals surface area contributed by atoms with Gasteiger partial charge in [-0.3, -0.25) is 0 Å². The van der Waals surface area contributed by atoms with Crippen molar-refractivity contribution in [2.75, 3.05) is 19.8 Å². The lowest BCUT2D eigenvalue weighted by Crippen LogP contribution is -2.35. The molecule has 1 N–H and O–H groups in total. The Bertz CT molecular complexity index is 625. The molecule has 1 aromatic heterocycles. The van der Waals surface area contributed by atoms with E-state index in [-0.39, 0.29) is 17.8 Å². The standard InChI is InChI=1S/C16H22FN3O/c1-3-7-18-14-10-21-9-12(14)16-19-13-8-11(17)5-6-15(13)20(16)4-2/h5-6,8,12,14,18H,3-4,7,9-10H2,1-2H3. The number of aryl methyl sites for hydroxylation is 1. The third kappa shape index (κ3) is 2.68. The maximum absolute atomic E-state index is 13.4. The van der Waals surface area contributed by atoms with Crippen molar-refractivity contribution in [1.82, 2.24) is 14.9 Å². The summed E-state index contributed by atoms with van der Waals surface area (Å²) in [4.78, 5) is 4.69. The molecule has 1 aliphatic rings. The van der Waals surface area contributed by atoms with Crippen LogP contribution in [0.5, 0.6) is 0 Å². The number of nitrogens with zero attached hydrogens (tertiary/aromatic N) is 2. The number of hydrogen-bond acceptors (Lipinski definition) is 3. The van der Waals surface area contributed by atoms with Gasteiger partial charge in [-0.05, 0) is 32.0 Å². The molecule has 1 aliphatic heterocycles. The normalized spacial score (nSPS) is 22.2. The second-order valence-electron chi connectivity index (χ2n) is 5.55. The van der Waals surface area contributed by atoms with Crippen LogP contribution in [0, 0.1) is 5.82 Å². The van der Waals surface area contributed by atoms with Crippen LogP contribution >= 0.6 is 0 Å². The first-order valence-corrected chi connectivity index (χ1v) is 7.71. The Morgan fingerprint density at radius 3 is 3.00 bits per heavy atom. The number of benzene rings is 1. The molecule has 0 radical (unpaired) electrons. The van der Waals surface area contributed by atoms with Gasteiger partial charge < -0.3 is 14.6 Å². The molecule has 0 bridgehead atoms. The van der Waals surface area contributed by atoms with Crippen LogP contribution in [0.25, 0.3) is 11.0 Å². The van der Waals surface area contributed by atoms with Crippen LogP contribution in [-0.2, 0) is 11.3 Å². The van der Waals surface area contributed by atoms with Gasteiger partial charge in [-0.15, -0.1) is 0 Å². The molecular weight excluding hydrogens is 269 g/mol. The predicted octanol–water partition coefficient (Wildman–Crippen LogP) is 2.68. The van der Waals surface area contributed by atoms with Gasteiger partial charge in [-0.25, -0.2) is 9.37 Å². The topological polar surface area (TPSA) is 39.1 Å². The van der Waals surface area contributed by atoms with Gasteiger partial charge in [-0.2, -0.15) is 0 Å². The smallest absolute Gasteiger partial charge is 0.125 e. The van der Waals surface area contributed by atoms with Crippen molar-refractivity contribution in [2.24, 2.45) is 0 Å². The van der Waals surface area contributed by atoms with Crippen molar-refractivity contribution < 1.29 is 9.13 Å². The van der Waals surface area contributed by atoms with E-state index >= 15 is 0 Å². The summed E-state index contributed by atoms with van der Waals surface area (Å²) >= 11 is 0. The van der Waals surface area contributed by atoms with E-state index in [9.17, 15) is 4.39 Å². The molecule has 1 fully saturated rings. The lowest BCUT2D eigenvalue weighted by molar-refractivity contribution is 0.187. The molecular formula is C16H22FN3O. The van der Waals surface area contributed by atoms with Gasteiger partial charge in [0.2, 0.25) is 0 Å². The van der Waals surface area contributed by atoms with Gasteiger partial charge >= 0.3 is 0 Å². The predicted molar refractivity (Wildman–Crippen MR) is 81.0 cm³/mol. The van der Waals surface area contributed by atoms with Gasteiger partial charge in [0.1, 0.15) is 11.6 Å². The number of halogens is 1. The second-order valence-corrected chi connectivity index (χ2v) is 5.55. The highest BCUT2D eigenvalue weighted by Crippen LogP contribution is 2.29. The fourth-order valence-electron chi connectivity index (χ4n) is 3.08. The van der Waals surface area contributed by atoms with Crippen LogP contribution in [0.3, 0.4) is 0 Å². The summed E-state index contributed by atoms with van der Waals surface area (Å²) in [5, 5.41) is 3.53. The second kappa shape index (κ2) is 6.12. The zero-order valence-corrected chi connectivity index (χ0v) is 12.6. The first-order chi connectivity index (χ1) is 10.2. The molecule has 2 heterocycles. The third-order valence-electron chi connectivity index (χ3n) is 4.12. The number of aromatic nitrogens is 2. The summed E-state index contributed by atoms with van der Waals surface area (Å²) in [5.41, 5.74) is 1.73. The molecule has 2 atom stereocenters. The summed E-state index contributed by atoms with van der Waals surface area (Å²) < 4.78 is 21.2. The first kappa shape index (κ1) is 14.5. The molecule has 0 saturated carbocycles. The summed E-state index contributed by atoms with van der Waals surface area (Å²) in [6.45, 7) is 7.44. The maximum atomic E-state index is 13.4. The highest BCUT2D eigenvalue weighted by Gasteiger charge is 2.33. The van der Waals surface area contributed by atoms with Crippen LogP contribution in [-0.4, -0.2) is 35.4 Å². The van der Waals surface area contributed by atoms with Crippen molar-refractivity contribution >= 4 is 11.0 Å². The SMILES string of the molecule is CCCNC1COCC1c1nc2cc(F)ccc2n1CC. The van der Waals surface area contributed by atoms with Crippen LogP contribution in [0.2, 0.25) is 0 Å². The Balaban J connectivity index is 1.98. The minimum absolute atomic E-state index is 0.229. The minimum atomic E-state index is -0.238. The van der Waals surface area contributed by atoms with E-state index in [4.69, 9.17) is 4.74 Å². The lowest BCUT2D eigenvalue weighted by Gasteiger charge is -2.19. The van der Waals surface area contributed by atoms with Gasteiger partial charge in [0.15, 0.2) is 0 Å². The number of ether oxygens (including phenoxy) is 1. The van der Waals surface area contributed by atoms with E-state index in [1.54, 1.807) is 0 Å². The largest absolute Gasteiger partial charge is 0.379 e. The summed E-state index contributed by atoms with van der Waals surface area (Å²) in [7, 11) is 0. The Morgan fingerprint density at radius 1 is 1.38 bits per heavy atom. The Morgan fingerprint density at radius 2 is 2.24 bits per heavy atom. The highest BCUT2D eigenvalue weighted by molar-refractivity contribution is 5.76. The van der Waals surface area contributed by atoms with E-state index in [1.807, 2.05) is 6.07 Å². The molecule has 21 heavy (non-hydrogen) atoms. The van der Waals surface area contributed by atoms with Crippen LogP contribution < -0.4 is 5.32 Å². The average Bonchev–Trinajstić information content (AvgIpc) is 3.07. The average molecular weight is 291 g/mol. The fraction of sp³-hybridized carbons (Fsp3) is 0.562. The van der Waals surface area contributed by atoms with Crippen LogP contribution in [0.1, 0.15) is 32.0 Å². The molecule has 2 unspecified atom stereocenters. The number of nitrogens with one attached hydrogen (secondary N) is 1. The van der Waals surface area contributed by atoms with Crippen molar-refractivity contribution in [3.63, 3.8) is 0 Å². The molecule has 0 amide bonds. The van der Waals surface area contributed by atoms with Gasteiger partial charge in [0.05, 0.1) is 30.2 Å². The number of fused-ring (bicyclic) bond motifs is 1. The lowest BCUT2D eigenvalue weighted by atomic mass is 10.0. The van der Waals surface area contributed by atoms with Crippen LogP contribution in [0.4, 0.5) is 4.39 Å². The van der Waals surface area contributed by atoms with Gasteiger partial charge in [0.25, 0.3) is 0 Å². The summed E-state index contributed by atoms with van der Waals surface area (Å²) in [6, 6.07) is 5.11. The monoisotopic (exact) mass is 291 g/mol. The minimum Gasteiger partial charge on any atom is -0.379 e. The highest BCUT2D eigenvalue weighted by atomic mass is 19.1. The van der Waals surface area contributed by atoms with Gasteiger partial charge in [0, 0.05) is 18.7 Å². The maximum Gasteiger partial charge on any atom is 0.125 e. The van der Waals surface area contributed by atoms with Crippen molar-refractivity contribution in [2.45, 2.75) is 38.8 Å². The zero-order chi connectivity index (χ0) is 14.8. The molecule has 4 nitrogen and oxygen atoms in total. The van der Waals surface area contributed by atoms with Gasteiger partial charge in [-0.1, -0.05) is 6.92 Å². The molecule has 1 saturated heterocycles. The fourth-order valence-corrected chi connectivity index (χ4v) is 3.08. The van der Waals surface area contributed by atoms with E-state index in [0.29, 0.717) is 13.2 Å². The van der Waals surface area contributed by atoms with Crippen molar-refractivity contribution in [3.8, 4) is 0 Å². The molecule has 2 aromatic rings. The van der Waals surface area contributed by atoms with E-state index in [0.717, 1.165) is 36.4 Å². The molecule has 3 rings (SSSR count). The molecule has 0 aliphatic carbocycles. The summed E-state index contributed by atoms with van der Waals surface area (Å²) in [6.07, 6.45) is 1.10. The van der Waals surface area contributed by atoms with E-state index < -0.39 is 0 Å². The Kier molecular flexibility index (Phi) is 4.22. The number of rotatable bonds is 5. The molecule has 1 aromatic carbocycles. The first-order valence-electron chi connectivity index (χ1n) is 7.71. The third-order valence-corrected chi connectivity index (χ3v) is 4.12. The Hall–Kier alpha value is -1.46. The molecule has 0 spiro atoms. The number of imidazole rings is 1. The molecule has 5 heteroatoms. The van der Waals surface area contributed by atoms with Crippen LogP contribution in [0.15, 0.2) is 18.2 Å². The quantitative estimate of drug-likeness (QED) is 0.920. The van der Waals surface area contributed by atoms with E-state index in [2.05, 4.69) is 28.7 Å². The zero-order valence-electron chi connectivity index (χ0n) is 12.6. The van der Waals surface area contributed by atoms with Crippen molar-refractivity contribution in [1.29, 1.82) is 0 Å². The molecule has 114 valence electrons. The summed E-state index contributed by atoms with van der Waals surface area (Å²) in [5.74, 6) is 0.995. The van der Waals surface area contributed by atoms with E-state index in [1.165, 1.54) is 12.1 Å². The van der Waals surface area contributed by atoms with Crippen molar-refractivity contribution in [3.05, 3.63) is 29.8 Å².